The fourth-order valence-electron chi connectivity index (χ4n) is 18.7. The molecule has 25 nitrogen and oxygen atoms in total. The summed E-state index contributed by atoms with van der Waals surface area (Å²) in [5, 5.41) is 39.6. The zero-order chi connectivity index (χ0) is 76.3. The lowest BCUT2D eigenvalue weighted by atomic mass is 9.49. The van der Waals surface area contributed by atoms with Crippen molar-refractivity contribution in [1.82, 2.24) is 46.9 Å². The first-order valence-electron chi connectivity index (χ1n) is 40.0. The number of nitrogens with one attached hydrogen (secondary N) is 7. The van der Waals surface area contributed by atoms with Gasteiger partial charge < -0.3 is 65.4 Å². The second-order valence-corrected chi connectivity index (χ2v) is 32.3. The molecule has 107 heavy (non-hydrogen) atoms. The highest BCUT2D eigenvalue weighted by molar-refractivity contribution is 6.01. The van der Waals surface area contributed by atoms with E-state index in [0.29, 0.717) is 102 Å². The first kappa shape index (κ1) is 82.0. The number of aromatic hydroxyl groups is 1. The number of alkyl carbamates (subject to hydrolysis) is 1. The lowest BCUT2D eigenvalue weighted by Gasteiger charge is -2.56. The first-order chi connectivity index (χ1) is 51.5. The van der Waals surface area contributed by atoms with Crippen LogP contribution in [-0.2, 0) is 98.6 Å². The fraction of sp³-hybridized carbons (Fsp3) is 0.707. The third-order valence-electron chi connectivity index (χ3n) is 24.7. The molecule has 0 bridgehead atoms. The summed E-state index contributed by atoms with van der Waals surface area (Å²) in [5.74, 6) is 4.88. The molecule has 0 saturated heterocycles. The highest BCUT2D eigenvalue weighted by Gasteiger charge is 2.59. The van der Waals surface area contributed by atoms with Gasteiger partial charge in [0.05, 0.1) is 76.0 Å². The summed E-state index contributed by atoms with van der Waals surface area (Å²) < 4.78 is 36.0. The molecule has 2 aromatic carbocycles. The van der Waals surface area contributed by atoms with Crippen LogP contribution in [0.25, 0.3) is 0 Å². The highest BCUT2D eigenvalue weighted by atomic mass is 16.6. The fourth-order valence-corrected chi connectivity index (χ4v) is 18.7. The topological polar surface area (TPSA) is 327 Å². The number of phenols is 1. The van der Waals surface area contributed by atoms with Gasteiger partial charge in [0.1, 0.15) is 42.3 Å². The standard InChI is InChI=1S/C82H120N10O15/c1-9-92-65-24-15-12-16-25-66(72(65)90-91-92)106-52-70(95)83-39-18-17-23-64(87-69(94)34-41-102-43-45-104-47-48-105-46-44-103-42-40-84-78(101)107-51-61-59-21-13-10-11-14-22-60(59)61)74(97)88-71(53(2)3)75(98)85-54(4)73(96)86-57-30-26-55-28-32-67-79(5,62(55)49-57)35-19-37-81(67,7)76(99)89-77(100)82(8)38-20-36-80(6)63-50-58(93)31-27-56(63)29-33-68(80)82/h26-27,30-31,49-50,53-54,59-61,64,66-68,71,93H,9,12-25,28-29,32-48,51-52H2,1-8H3,(H,83,95)(H,84,101)(H,85,98)(H,86,96)(H,87,94)(H,88,97)(H,89,99,100)/t54-,59?,60?,61?,64+,66?,67+,68+,71-,79+,80+,81-,82-/m0/s1. The number of benzene rings is 2. The van der Waals surface area contributed by atoms with E-state index in [1.165, 1.54) is 5.56 Å². The highest BCUT2D eigenvalue weighted by Crippen LogP contribution is 2.60. The van der Waals surface area contributed by atoms with Gasteiger partial charge in [0.15, 0.2) is 0 Å². The smallest absolute Gasteiger partial charge is 0.407 e. The van der Waals surface area contributed by atoms with Crippen molar-refractivity contribution in [3.63, 3.8) is 0 Å². The number of carbonyl (C=O) groups excluding carboxylic acids is 8. The van der Waals surface area contributed by atoms with Crippen LogP contribution in [0.2, 0.25) is 0 Å². The van der Waals surface area contributed by atoms with Crippen molar-refractivity contribution >= 4 is 53.1 Å². The average Bonchev–Trinajstić information content (AvgIpc) is 1.55. The molecule has 10 rings (SSSR count). The molecular weight excluding hydrogens is 1360 g/mol. The van der Waals surface area contributed by atoms with E-state index >= 15 is 0 Å². The quantitative estimate of drug-likeness (QED) is 0.0153. The van der Waals surface area contributed by atoms with Gasteiger partial charge in [-0.25, -0.2) is 9.48 Å². The molecular formula is C82H120N10O15. The van der Waals surface area contributed by atoms with Crippen molar-refractivity contribution in [2.24, 2.45) is 46.3 Å². The molecule has 1 aromatic heterocycles. The van der Waals surface area contributed by atoms with Crippen LogP contribution in [0.1, 0.15) is 224 Å². The molecule has 7 aliphatic carbocycles. The van der Waals surface area contributed by atoms with E-state index in [0.717, 1.165) is 137 Å². The Balaban J connectivity index is 0.671. The van der Waals surface area contributed by atoms with Crippen LogP contribution >= 0.6 is 0 Å². The number of amides is 8. The molecule has 25 heteroatoms. The van der Waals surface area contributed by atoms with E-state index in [-0.39, 0.29) is 92.6 Å². The predicted molar refractivity (Wildman–Crippen MR) is 402 cm³/mol. The lowest BCUT2D eigenvalue weighted by molar-refractivity contribution is -0.150. The molecule has 588 valence electrons. The van der Waals surface area contributed by atoms with Gasteiger partial charge in [-0.15, -0.1) is 16.9 Å². The van der Waals surface area contributed by atoms with Gasteiger partial charge in [0.2, 0.25) is 41.4 Å². The number of imide groups is 1. The zero-order valence-electron chi connectivity index (χ0n) is 64.7. The van der Waals surface area contributed by atoms with Gasteiger partial charge in [0.25, 0.3) is 0 Å². The Bertz CT molecular complexity index is 3630. The number of hydrogen-bond donors (Lipinski definition) is 8. The molecule has 12 atom stereocenters. The number of rotatable bonds is 36. The van der Waals surface area contributed by atoms with E-state index < -0.39 is 70.0 Å². The van der Waals surface area contributed by atoms with Gasteiger partial charge in [0, 0.05) is 44.6 Å². The van der Waals surface area contributed by atoms with Crippen LogP contribution in [0.5, 0.6) is 5.75 Å². The Hall–Kier alpha value is -7.50. The van der Waals surface area contributed by atoms with E-state index in [1.807, 2.05) is 55.8 Å². The average molecular weight is 1490 g/mol. The first-order valence-corrected chi connectivity index (χ1v) is 40.0. The minimum atomic E-state index is -1.10. The number of hydrogen-bond acceptors (Lipinski definition) is 17. The molecule has 3 unspecified atom stereocenters. The molecule has 0 spiro atoms. The third kappa shape index (κ3) is 20.7. The van der Waals surface area contributed by atoms with E-state index in [4.69, 9.17) is 28.4 Å². The largest absolute Gasteiger partial charge is 0.508 e. The Morgan fingerprint density at radius 2 is 1.24 bits per heavy atom. The number of aryl methyl sites for hydroxylation is 3. The van der Waals surface area contributed by atoms with Crippen molar-refractivity contribution < 1.29 is 71.9 Å². The number of fused-ring (bicyclic) bond motifs is 8. The van der Waals surface area contributed by atoms with Crippen molar-refractivity contribution in [2.45, 2.75) is 245 Å². The van der Waals surface area contributed by atoms with Gasteiger partial charge in [-0.1, -0.05) is 84.6 Å². The van der Waals surface area contributed by atoms with Gasteiger partial charge >= 0.3 is 6.09 Å². The van der Waals surface area contributed by atoms with Gasteiger partial charge in [-0.3, -0.25) is 38.9 Å². The summed E-state index contributed by atoms with van der Waals surface area (Å²) in [4.78, 5) is 111. The summed E-state index contributed by atoms with van der Waals surface area (Å²) in [6.45, 7) is 19.4. The minimum absolute atomic E-state index is 0.00675. The maximum Gasteiger partial charge on any atom is 0.407 e. The Morgan fingerprint density at radius 1 is 0.626 bits per heavy atom. The number of anilines is 1. The maximum atomic E-state index is 14.9. The lowest BCUT2D eigenvalue weighted by Crippen LogP contribution is -2.60. The number of aromatic nitrogens is 3. The van der Waals surface area contributed by atoms with Crippen LogP contribution in [0.3, 0.4) is 0 Å². The normalized spacial score (nSPS) is 26.3. The van der Waals surface area contributed by atoms with Gasteiger partial charge in [-0.05, 0) is 209 Å². The predicted octanol–water partition coefficient (Wildman–Crippen LogP) is 9.22. The molecule has 0 radical (unpaired) electrons. The number of phenolic OH excluding ortho intramolecular Hbond substituents is 1. The molecule has 3 saturated carbocycles. The Morgan fingerprint density at radius 3 is 1.88 bits per heavy atom. The van der Waals surface area contributed by atoms with Crippen LogP contribution in [0, 0.1) is 58.2 Å². The van der Waals surface area contributed by atoms with Crippen LogP contribution in [-0.4, -0.2) is 165 Å². The molecule has 7 aliphatic rings. The summed E-state index contributed by atoms with van der Waals surface area (Å²) >= 11 is 0. The second kappa shape index (κ2) is 38.2. The number of ether oxygens (including phenoxy) is 6. The number of carbonyl (C=O) groups is 8. The van der Waals surface area contributed by atoms with Crippen molar-refractivity contribution in [3.8, 4) is 17.6 Å². The van der Waals surface area contributed by atoms with Crippen molar-refractivity contribution in [3.05, 3.63) is 70.0 Å². The maximum absolute atomic E-state index is 14.9. The van der Waals surface area contributed by atoms with Crippen molar-refractivity contribution in [1.29, 1.82) is 0 Å². The molecule has 0 aliphatic heterocycles. The van der Waals surface area contributed by atoms with Crippen molar-refractivity contribution in [2.75, 3.05) is 84.5 Å². The molecule has 8 N–H and O–H groups in total. The SMILES string of the molecule is CCn1nnc2c1CCCCCC2OCC(=O)NCCCC[C@@H](NC(=O)CCOCCOCCOCCOCCNC(=O)OCC1C2CCC#CCCC21)C(=O)N[C@H](C(=O)N[C@@H](C)C(=O)Nc1ccc2c(c1)[C@@]1(C)CCC[C@](C)(C(=O)NC(=O)[C@@]3(C)CCC[C@]4(C)c5cc(O)ccc5CC[C@@H]34)[C@@H]1CC2)C(C)C. The second-order valence-electron chi connectivity index (χ2n) is 32.3. The third-order valence-corrected chi connectivity index (χ3v) is 24.7. The summed E-state index contributed by atoms with van der Waals surface area (Å²) in [6, 6.07) is 8.29. The minimum Gasteiger partial charge on any atom is -0.508 e. The van der Waals surface area contributed by atoms with Gasteiger partial charge in [-0.2, -0.15) is 0 Å². The monoisotopic (exact) mass is 1480 g/mol. The van der Waals surface area contributed by atoms with E-state index in [9.17, 15) is 43.5 Å². The summed E-state index contributed by atoms with van der Waals surface area (Å²) in [7, 11) is 0. The van der Waals surface area contributed by atoms with E-state index in [2.05, 4.69) is 73.2 Å². The molecule has 3 aromatic rings. The number of unbranched alkanes of at least 4 members (excludes halogenated alkanes) is 1. The number of nitrogens with zero attached hydrogens (tertiary/aromatic N) is 3. The summed E-state index contributed by atoms with van der Waals surface area (Å²) in [5.41, 5.74) is 4.46. The van der Waals surface area contributed by atoms with Crippen LogP contribution < -0.4 is 37.2 Å². The molecule has 1 heterocycles. The van der Waals surface area contributed by atoms with Crippen LogP contribution in [0.15, 0.2) is 36.4 Å². The Labute approximate surface area is 632 Å². The van der Waals surface area contributed by atoms with E-state index in [1.54, 1.807) is 26.8 Å². The van der Waals surface area contributed by atoms with Crippen LogP contribution in [0.4, 0.5) is 10.5 Å². The molecule has 3 fully saturated rings. The molecule has 8 amide bonds. The summed E-state index contributed by atoms with van der Waals surface area (Å²) in [6.07, 6.45) is 16.6. The Kier molecular flexibility index (Phi) is 29.3. The zero-order valence-corrected chi connectivity index (χ0v) is 64.7.